The van der Waals surface area contributed by atoms with E-state index in [4.69, 9.17) is 9.15 Å². The van der Waals surface area contributed by atoms with Crippen molar-refractivity contribution in [1.82, 2.24) is 15.1 Å². The molecule has 0 bridgehead atoms. The molecule has 0 radical (unpaired) electrons. The van der Waals surface area contributed by atoms with Gasteiger partial charge in [-0.2, -0.15) is 0 Å². The second-order valence-electron chi connectivity index (χ2n) is 7.81. The van der Waals surface area contributed by atoms with Gasteiger partial charge in [0.15, 0.2) is 6.61 Å². The van der Waals surface area contributed by atoms with Gasteiger partial charge in [-0.25, -0.2) is 4.79 Å². The molecule has 3 heterocycles. The van der Waals surface area contributed by atoms with E-state index in [1.807, 2.05) is 0 Å². The van der Waals surface area contributed by atoms with Gasteiger partial charge in [0.25, 0.3) is 17.5 Å². The third-order valence-electron chi connectivity index (χ3n) is 5.99. The molecule has 0 aliphatic carbocycles. The molecule has 1 unspecified atom stereocenters. The zero-order valence-electron chi connectivity index (χ0n) is 17.8. The first-order valence-electron chi connectivity index (χ1n) is 10.3. The zero-order chi connectivity index (χ0) is 24.0. The molecule has 3 aromatic rings. The number of nitro groups is 1. The minimum absolute atomic E-state index is 0.0147. The van der Waals surface area contributed by atoms with Crippen LogP contribution in [0.2, 0.25) is 0 Å². The highest BCUT2D eigenvalue weighted by atomic mass is 16.6. The molecule has 0 spiro atoms. The highest BCUT2D eigenvalue weighted by Crippen LogP contribution is 2.44. The molecule has 5 rings (SSSR count). The Labute approximate surface area is 191 Å². The maximum atomic E-state index is 13.3. The largest absolute Gasteiger partial charge is 0.452 e. The van der Waals surface area contributed by atoms with Crippen LogP contribution in [-0.4, -0.2) is 50.5 Å². The molecule has 1 saturated heterocycles. The number of hydrogen-bond acceptors (Lipinski definition) is 9. The minimum Gasteiger partial charge on any atom is -0.452 e. The molecule has 12 heteroatoms. The van der Waals surface area contributed by atoms with Crippen molar-refractivity contribution in [2.75, 3.05) is 11.9 Å². The van der Waals surface area contributed by atoms with Crippen LogP contribution < -0.4 is 4.90 Å². The number of rotatable bonds is 5. The molecule has 0 saturated carbocycles. The highest BCUT2D eigenvalue weighted by molar-refractivity contribution is 6.15. The number of hydrogen-bond donors (Lipinski definition) is 0. The number of carbonyl (C=O) groups is 3. The number of para-hydroxylation sites is 1. The van der Waals surface area contributed by atoms with Crippen LogP contribution in [-0.2, 0) is 20.9 Å². The fraction of sp³-hybridized carbons (Fsp3) is 0.227. The second kappa shape index (κ2) is 7.76. The smallest absolute Gasteiger partial charge is 0.354 e. The Bertz CT molecular complexity index is 1340. The predicted molar refractivity (Wildman–Crippen MR) is 114 cm³/mol. The van der Waals surface area contributed by atoms with Gasteiger partial charge in [-0.15, -0.1) is 10.2 Å². The topological polar surface area (TPSA) is 149 Å². The number of anilines is 1. The molecular weight excluding hydrogens is 446 g/mol. The molecule has 34 heavy (non-hydrogen) atoms. The summed E-state index contributed by atoms with van der Waals surface area (Å²) in [6.07, 6.45) is 0.158. The number of fused-ring (bicyclic) bond motifs is 3. The van der Waals surface area contributed by atoms with Crippen molar-refractivity contribution in [3.63, 3.8) is 0 Å². The molecule has 172 valence electrons. The quantitative estimate of drug-likeness (QED) is 0.315. The van der Waals surface area contributed by atoms with Crippen LogP contribution >= 0.6 is 0 Å². The summed E-state index contributed by atoms with van der Waals surface area (Å²) in [7, 11) is 1.46. The van der Waals surface area contributed by atoms with Crippen molar-refractivity contribution < 1.29 is 28.5 Å². The molecule has 2 amide bonds. The molecule has 1 aromatic heterocycles. The molecule has 1 fully saturated rings. The standard InChI is InChI=1S/C22H17N5O7/c1-25-20(29)15-4-2-3-5-16(15)26-18(28)10-11-22(25,26)21(30)33-12-17-23-24-19(34-17)13-6-8-14(9-7-13)27(31)32/h2-9H,10-12H2,1H3. The summed E-state index contributed by atoms with van der Waals surface area (Å²) in [5.74, 6) is -1.40. The Balaban J connectivity index is 1.37. The van der Waals surface area contributed by atoms with Crippen LogP contribution in [0.15, 0.2) is 52.9 Å². The van der Waals surface area contributed by atoms with E-state index in [-0.39, 0.29) is 42.8 Å². The number of ether oxygens (including phenoxy) is 1. The van der Waals surface area contributed by atoms with E-state index < -0.39 is 22.5 Å². The van der Waals surface area contributed by atoms with E-state index >= 15 is 0 Å². The van der Waals surface area contributed by atoms with Crippen LogP contribution in [0.4, 0.5) is 11.4 Å². The van der Waals surface area contributed by atoms with Gasteiger partial charge in [-0.3, -0.25) is 24.6 Å². The number of likely N-dealkylation sites (N-methyl/N-ethyl adjacent to an activating group) is 1. The second-order valence-corrected chi connectivity index (χ2v) is 7.81. The van der Waals surface area contributed by atoms with Crippen LogP contribution in [0, 0.1) is 10.1 Å². The van der Waals surface area contributed by atoms with Crippen molar-refractivity contribution in [3.8, 4) is 11.5 Å². The molecule has 2 aliphatic rings. The minimum atomic E-state index is -1.61. The number of nitrogens with zero attached hydrogens (tertiary/aromatic N) is 5. The molecule has 0 N–H and O–H groups in total. The Morgan fingerprint density at radius 3 is 2.65 bits per heavy atom. The van der Waals surface area contributed by atoms with Crippen molar-refractivity contribution in [1.29, 1.82) is 0 Å². The molecule has 2 aromatic carbocycles. The van der Waals surface area contributed by atoms with Crippen molar-refractivity contribution >= 4 is 29.2 Å². The SMILES string of the molecule is CN1C(=O)c2ccccc2N2C(=O)CCC12C(=O)OCc1nnc(-c2ccc([N+](=O)[O-])cc2)o1. The van der Waals surface area contributed by atoms with Gasteiger partial charge in [-0.05, 0) is 24.3 Å². The summed E-state index contributed by atoms with van der Waals surface area (Å²) >= 11 is 0. The molecule has 12 nitrogen and oxygen atoms in total. The summed E-state index contributed by atoms with van der Waals surface area (Å²) in [4.78, 5) is 51.8. The Morgan fingerprint density at radius 2 is 1.91 bits per heavy atom. The lowest BCUT2D eigenvalue weighted by Crippen LogP contribution is -2.67. The van der Waals surface area contributed by atoms with Crippen LogP contribution in [0.1, 0.15) is 29.1 Å². The maximum absolute atomic E-state index is 13.3. The Hall–Kier alpha value is -4.61. The number of nitro benzene ring substituents is 1. The fourth-order valence-corrected chi connectivity index (χ4v) is 4.29. The van der Waals surface area contributed by atoms with Gasteiger partial charge in [0, 0.05) is 37.6 Å². The molecule has 1 atom stereocenters. The first-order valence-corrected chi connectivity index (χ1v) is 10.3. The summed E-state index contributed by atoms with van der Waals surface area (Å²) in [5, 5.41) is 18.5. The van der Waals surface area contributed by atoms with Gasteiger partial charge < -0.3 is 14.1 Å². The lowest BCUT2D eigenvalue weighted by molar-refractivity contribution is -0.384. The Kier molecular flexibility index (Phi) is 4.85. The van der Waals surface area contributed by atoms with Crippen molar-refractivity contribution in [2.45, 2.75) is 25.1 Å². The fourth-order valence-electron chi connectivity index (χ4n) is 4.29. The number of amides is 2. The van der Waals surface area contributed by atoms with Gasteiger partial charge >= 0.3 is 5.97 Å². The number of esters is 1. The van der Waals surface area contributed by atoms with Gasteiger partial charge in [0.1, 0.15) is 0 Å². The summed E-state index contributed by atoms with van der Waals surface area (Å²) < 4.78 is 11.0. The monoisotopic (exact) mass is 463 g/mol. The van der Waals surface area contributed by atoms with E-state index in [0.717, 1.165) is 0 Å². The third kappa shape index (κ3) is 3.10. The van der Waals surface area contributed by atoms with Crippen molar-refractivity contribution in [2.24, 2.45) is 0 Å². The summed E-state index contributed by atoms with van der Waals surface area (Å²) in [5.41, 5.74) is -0.545. The van der Waals surface area contributed by atoms with E-state index in [2.05, 4.69) is 10.2 Å². The molecule has 2 aliphatic heterocycles. The van der Waals surface area contributed by atoms with Gasteiger partial charge in [0.05, 0.1) is 16.2 Å². The van der Waals surface area contributed by atoms with Crippen LogP contribution in [0.25, 0.3) is 11.5 Å². The van der Waals surface area contributed by atoms with E-state index in [0.29, 0.717) is 16.8 Å². The number of aromatic nitrogens is 2. The van der Waals surface area contributed by atoms with E-state index in [1.54, 1.807) is 24.3 Å². The van der Waals surface area contributed by atoms with Crippen LogP contribution in [0.3, 0.4) is 0 Å². The first kappa shape index (κ1) is 21.2. The molecular formula is C22H17N5O7. The lowest BCUT2D eigenvalue weighted by atomic mass is 9.97. The number of benzene rings is 2. The van der Waals surface area contributed by atoms with E-state index in [1.165, 1.54) is 41.1 Å². The Morgan fingerprint density at radius 1 is 1.18 bits per heavy atom. The predicted octanol–water partition coefficient (Wildman–Crippen LogP) is 2.30. The highest BCUT2D eigenvalue weighted by Gasteiger charge is 2.60. The zero-order valence-corrected chi connectivity index (χ0v) is 17.8. The maximum Gasteiger partial charge on any atom is 0.354 e. The summed E-state index contributed by atoms with van der Waals surface area (Å²) in [6, 6.07) is 12.1. The average molecular weight is 463 g/mol. The van der Waals surface area contributed by atoms with E-state index in [9.17, 15) is 24.5 Å². The van der Waals surface area contributed by atoms with Crippen molar-refractivity contribution in [3.05, 3.63) is 70.1 Å². The lowest BCUT2D eigenvalue weighted by Gasteiger charge is -2.46. The first-order chi connectivity index (χ1) is 16.3. The third-order valence-corrected chi connectivity index (χ3v) is 5.99. The summed E-state index contributed by atoms with van der Waals surface area (Å²) in [6.45, 7) is -0.383. The van der Waals surface area contributed by atoms with Gasteiger partial charge in [-0.1, -0.05) is 12.1 Å². The number of carbonyl (C=O) groups excluding carboxylic acids is 3. The van der Waals surface area contributed by atoms with Gasteiger partial charge in [0.2, 0.25) is 17.5 Å². The number of non-ortho nitro benzene ring substituents is 1. The normalized spacial score (nSPS) is 19.1. The van der Waals surface area contributed by atoms with Crippen LogP contribution in [0.5, 0.6) is 0 Å². The average Bonchev–Trinajstić information content (AvgIpc) is 3.46.